The van der Waals surface area contributed by atoms with Crippen LogP contribution in [-0.4, -0.2) is 29.3 Å². The highest BCUT2D eigenvalue weighted by atomic mass is 32.2. The second kappa shape index (κ2) is 5.43. The highest BCUT2D eigenvalue weighted by Crippen LogP contribution is 2.17. The van der Waals surface area contributed by atoms with Gasteiger partial charge in [-0.2, -0.15) is 9.82 Å². The fraction of sp³-hybridized carbons (Fsp3) is 0.167. The molecular formula is C12H13N3O4S. The van der Waals surface area contributed by atoms with Crippen LogP contribution in [0.3, 0.4) is 0 Å². The van der Waals surface area contributed by atoms with Crippen LogP contribution < -0.4 is 4.72 Å². The molecule has 1 heterocycles. The molecular weight excluding hydrogens is 282 g/mol. The van der Waals surface area contributed by atoms with E-state index in [1.807, 2.05) is 0 Å². The quantitative estimate of drug-likeness (QED) is 0.837. The molecule has 1 aromatic carbocycles. The second-order valence-electron chi connectivity index (χ2n) is 4.10. The zero-order valence-electron chi connectivity index (χ0n) is 10.6. The van der Waals surface area contributed by atoms with E-state index < -0.39 is 22.0 Å². The van der Waals surface area contributed by atoms with E-state index >= 15 is 0 Å². The molecule has 0 aliphatic heterocycles. The van der Waals surface area contributed by atoms with Crippen LogP contribution in [0.5, 0.6) is 0 Å². The molecule has 0 amide bonds. The smallest absolute Gasteiger partial charge is 0.326 e. The second-order valence-corrected chi connectivity index (χ2v) is 5.76. The number of carboxylic acid groups (broad SMARTS) is 1. The Balaban J connectivity index is 2.35. The van der Waals surface area contributed by atoms with Gasteiger partial charge in [-0.25, -0.2) is 8.42 Å². The third-order valence-corrected chi connectivity index (χ3v) is 4.20. The first-order valence-electron chi connectivity index (χ1n) is 5.70. The predicted molar refractivity (Wildman–Crippen MR) is 70.3 cm³/mol. The van der Waals surface area contributed by atoms with Crippen molar-refractivity contribution in [3.8, 4) is 0 Å². The summed E-state index contributed by atoms with van der Waals surface area (Å²) in [5.74, 6) is -1.28. The number of hydrogen-bond donors (Lipinski definition) is 2. The summed E-state index contributed by atoms with van der Waals surface area (Å²) in [5, 5.41) is 12.9. The molecule has 1 atom stereocenters. The minimum atomic E-state index is -3.97. The van der Waals surface area contributed by atoms with Gasteiger partial charge in [0.05, 0.1) is 6.20 Å². The average molecular weight is 295 g/mol. The Morgan fingerprint density at radius 3 is 2.45 bits per heavy atom. The maximum Gasteiger partial charge on any atom is 0.326 e. The zero-order chi connectivity index (χ0) is 14.8. The molecule has 8 heteroatoms. The summed E-state index contributed by atoms with van der Waals surface area (Å²) < 4.78 is 27.7. The summed E-state index contributed by atoms with van der Waals surface area (Å²) in [6.07, 6.45) is 1.33. The van der Waals surface area contributed by atoms with Crippen LogP contribution in [0.1, 0.15) is 11.6 Å². The van der Waals surface area contributed by atoms with Gasteiger partial charge in [0.15, 0.2) is 5.03 Å². The Kier molecular flexibility index (Phi) is 3.86. The lowest BCUT2D eigenvalue weighted by Gasteiger charge is -2.15. The van der Waals surface area contributed by atoms with E-state index in [0.29, 0.717) is 5.56 Å². The summed E-state index contributed by atoms with van der Waals surface area (Å²) >= 11 is 0. The number of benzene rings is 1. The van der Waals surface area contributed by atoms with Crippen LogP contribution in [0, 0.1) is 0 Å². The number of rotatable bonds is 5. The van der Waals surface area contributed by atoms with Crippen molar-refractivity contribution in [3.05, 3.63) is 48.2 Å². The summed E-state index contributed by atoms with van der Waals surface area (Å²) in [7, 11) is -2.51. The SMILES string of the molecule is Cn1nccc1S(=O)(=O)NC(C(=O)O)c1ccccc1. The number of carbonyl (C=O) groups is 1. The number of aliphatic carboxylic acids is 1. The Hall–Kier alpha value is -2.19. The molecule has 2 N–H and O–H groups in total. The normalized spacial score (nSPS) is 13.1. The molecule has 0 aliphatic rings. The molecule has 1 unspecified atom stereocenters. The maximum absolute atomic E-state index is 12.2. The van der Waals surface area contributed by atoms with Gasteiger partial charge in [0.25, 0.3) is 10.0 Å². The molecule has 0 saturated carbocycles. The molecule has 1 aromatic heterocycles. The van der Waals surface area contributed by atoms with Gasteiger partial charge in [-0.05, 0) is 11.6 Å². The van der Waals surface area contributed by atoms with Crippen LogP contribution in [0.25, 0.3) is 0 Å². The summed E-state index contributed by atoms with van der Waals surface area (Å²) in [6.45, 7) is 0. The first-order chi connectivity index (χ1) is 9.42. The zero-order valence-corrected chi connectivity index (χ0v) is 11.4. The Labute approximate surface area is 115 Å². The van der Waals surface area contributed by atoms with Crippen molar-refractivity contribution in [2.45, 2.75) is 11.1 Å². The molecule has 0 bridgehead atoms. The van der Waals surface area contributed by atoms with Crippen LogP contribution in [-0.2, 0) is 21.9 Å². The van der Waals surface area contributed by atoms with E-state index in [9.17, 15) is 18.3 Å². The number of aryl methyl sites for hydroxylation is 1. The van der Waals surface area contributed by atoms with E-state index in [2.05, 4.69) is 9.82 Å². The van der Waals surface area contributed by atoms with Gasteiger partial charge in [-0.15, -0.1) is 0 Å². The van der Waals surface area contributed by atoms with Crippen LogP contribution in [0.2, 0.25) is 0 Å². The van der Waals surface area contributed by atoms with Gasteiger partial charge in [0.1, 0.15) is 6.04 Å². The van der Waals surface area contributed by atoms with Crippen molar-refractivity contribution >= 4 is 16.0 Å². The topological polar surface area (TPSA) is 101 Å². The third kappa shape index (κ3) is 2.86. The fourth-order valence-corrected chi connectivity index (χ4v) is 3.05. The maximum atomic E-state index is 12.2. The molecule has 106 valence electrons. The van der Waals surface area contributed by atoms with Crippen molar-refractivity contribution < 1.29 is 18.3 Å². The van der Waals surface area contributed by atoms with Crippen LogP contribution >= 0.6 is 0 Å². The number of sulfonamides is 1. The lowest BCUT2D eigenvalue weighted by atomic mass is 10.1. The minimum absolute atomic E-state index is 0.0975. The number of carboxylic acids is 1. The highest BCUT2D eigenvalue weighted by molar-refractivity contribution is 7.89. The van der Waals surface area contributed by atoms with Crippen molar-refractivity contribution in [2.75, 3.05) is 0 Å². The summed E-state index contributed by atoms with van der Waals surface area (Å²) in [6, 6.07) is 8.04. The van der Waals surface area contributed by atoms with Gasteiger partial charge in [0.2, 0.25) is 0 Å². The first kappa shape index (κ1) is 14.2. The van der Waals surface area contributed by atoms with E-state index in [0.717, 1.165) is 4.68 Å². The molecule has 7 nitrogen and oxygen atoms in total. The summed E-state index contributed by atoms with van der Waals surface area (Å²) in [5.41, 5.74) is 0.353. The monoisotopic (exact) mass is 295 g/mol. The Morgan fingerprint density at radius 1 is 1.30 bits per heavy atom. The van der Waals surface area contributed by atoms with Gasteiger partial charge in [0, 0.05) is 7.05 Å². The first-order valence-corrected chi connectivity index (χ1v) is 7.18. The Morgan fingerprint density at radius 2 is 1.95 bits per heavy atom. The lowest BCUT2D eigenvalue weighted by Crippen LogP contribution is -2.34. The van der Waals surface area contributed by atoms with Crippen molar-refractivity contribution in [2.24, 2.45) is 7.05 Å². The molecule has 0 saturated heterocycles. The Bertz CT molecular complexity index is 709. The minimum Gasteiger partial charge on any atom is -0.480 e. The molecule has 0 spiro atoms. The van der Waals surface area contributed by atoms with Gasteiger partial charge in [-0.1, -0.05) is 30.3 Å². The van der Waals surface area contributed by atoms with Gasteiger partial charge in [-0.3, -0.25) is 9.48 Å². The number of nitrogens with one attached hydrogen (secondary N) is 1. The molecule has 0 aliphatic carbocycles. The van der Waals surface area contributed by atoms with Gasteiger partial charge >= 0.3 is 5.97 Å². The van der Waals surface area contributed by atoms with Gasteiger partial charge < -0.3 is 5.11 Å². The standard InChI is InChI=1S/C12H13N3O4S/c1-15-10(7-8-13-15)20(18,19)14-11(12(16)17)9-5-3-2-4-6-9/h2-8,11,14H,1H3,(H,16,17). The van der Waals surface area contributed by atoms with E-state index in [1.54, 1.807) is 30.3 Å². The molecule has 0 radical (unpaired) electrons. The highest BCUT2D eigenvalue weighted by Gasteiger charge is 2.28. The van der Waals surface area contributed by atoms with E-state index in [1.165, 1.54) is 19.3 Å². The fourth-order valence-electron chi connectivity index (χ4n) is 1.75. The molecule has 2 aromatic rings. The summed E-state index contributed by atoms with van der Waals surface area (Å²) in [4.78, 5) is 11.3. The van der Waals surface area contributed by atoms with E-state index in [-0.39, 0.29) is 5.03 Å². The number of nitrogens with zero attached hydrogens (tertiary/aromatic N) is 2. The van der Waals surface area contributed by atoms with Crippen molar-refractivity contribution in [1.82, 2.24) is 14.5 Å². The average Bonchev–Trinajstić information content (AvgIpc) is 2.84. The molecule has 20 heavy (non-hydrogen) atoms. The van der Waals surface area contributed by atoms with Crippen molar-refractivity contribution in [3.63, 3.8) is 0 Å². The molecule has 0 fully saturated rings. The predicted octanol–water partition coefficient (Wildman–Crippen LogP) is 0.524. The largest absolute Gasteiger partial charge is 0.480 e. The van der Waals surface area contributed by atoms with Crippen LogP contribution in [0.15, 0.2) is 47.6 Å². The number of hydrogen-bond acceptors (Lipinski definition) is 4. The van der Waals surface area contributed by atoms with Crippen LogP contribution in [0.4, 0.5) is 0 Å². The molecule has 2 rings (SSSR count). The van der Waals surface area contributed by atoms with E-state index in [4.69, 9.17) is 0 Å². The van der Waals surface area contributed by atoms with Crippen molar-refractivity contribution in [1.29, 1.82) is 0 Å². The lowest BCUT2D eigenvalue weighted by molar-refractivity contribution is -0.139. The number of aromatic nitrogens is 2. The third-order valence-electron chi connectivity index (χ3n) is 2.70.